The molecule has 1 N–H and O–H groups in total. The second-order valence-corrected chi connectivity index (χ2v) is 8.45. The van der Waals surface area contributed by atoms with E-state index in [1.165, 1.54) is 0 Å². The summed E-state index contributed by atoms with van der Waals surface area (Å²) >= 11 is 0. The molecule has 1 aliphatic rings. The Morgan fingerprint density at radius 3 is 2.45 bits per heavy atom. The van der Waals surface area contributed by atoms with Crippen molar-refractivity contribution < 1.29 is 14.3 Å². The Labute approximate surface area is 194 Å². The van der Waals surface area contributed by atoms with E-state index in [-0.39, 0.29) is 11.8 Å². The van der Waals surface area contributed by atoms with Crippen molar-refractivity contribution in [2.24, 2.45) is 5.41 Å². The Morgan fingerprint density at radius 2 is 1.76 bits per heavy atom. The first-order valence-corrected chi connectivity index (χ1v) is 11.2. The van der Waals surface area contributed by atoms with Crippen molar-refractivity contribution in [2.45, 2.75) is 19.3 Å². The van der Waals surface area contributed by atoms with E-state index < -0.39 is 5.41 Å². The Kier molecular flexibility index (Phi) is 6.73. The van der Waals surface area contributed by atoms with Crippen LogP contribution < -0.4 is 10.1 Å². The lowest BCUT2D eigenvalue weighted by Crippen LogP contribution is -2.50. The van der Waals surface area contributed by atoms with Crippen LogP contribution in [-0.2, 0) is 11.2 Å². The number of rotatable bonds is 6. The second-order valence-electron chi connectivity index (χ2n) is 8.45. The predicted molar refractivity (Wildman–Crippen MR) is 128 cm³/mol. The molecule has 3 aromatic rings. The van der Waals surface area contributed by atoms with Gasteiger partial charge in [0.15, 0.2) is 0 Å². The van der Waals surface area contributed by atoms with E-state index in [0.717, 1.165) is 16.7 Å². The number of aromatic nitrogens is 1. The number of amides is 2. The van der Waals surface area contributed by atoms with Crippen molar-refractivity contribution in [2.75, 3.05) is 27.2 Å². The third-order valence-electron chi connectivity index (χ3n) is 6.57. The van der Waals surface area contributed by atoms with Gasteiger partial charge in [0, 0.05) is 38.1 Å². The van der Waals surface area contributed by atoms with Gasteiger partial charge in [0.2, 0.25) is 5.91 Å². The summed E-state index contributed by atoms with van der Waals surface area (Å²) < 4.78 is 5.26. The smallest absolute Gasteiger partial charge is 0.253 e. The quantitative estimate of drug-likeness (QED) is 0.626. The van der Waals surface area contributed by atoms with Crippen LogP contribution in [0.1, 0.15) is 28.8 Å². The lowest BCUT2D eigenvalue weighted by atomic mass is 9.72. The van der Waals surface area contributed by atoms with Gasteiger partial charge in [-0.2, -0.15) is 0 Å². The van der Waals surface area contributed by atoms with E-state index in [2.05, 4.69) is 22.4 Å². The number of likely N-dealkylation sites (tertiary alicyclic amines) is 1. The summed E-state index contributed by atoms with van der Waals surface area (Å²) in [4.78, 5) is 32.2. The van der Waals surface area contributed by atoms with Crippen LogP contribution in [0, 0.1) is 5.41 Å². The van der Waals surface area contributed by atoms with Gasteiger partial charge in [-0.15, -0.1) is 0 Å². The molecule has 170 valence electrons. The average Bonchev–Trinajstić information content (AvgIpc) is 2.89. The molecule has 2 aromatic carbocycles. The number of hydrogen-bond donors (Lipinski definition) is 1. The number of ether oxygens (including phenoxy) is 1. The van der Waals surface area contributed by atoms with Crippen LogP contribution in [0.4, 0.5) is 0 Å². The van der Waals surface area contributed by atoms with Crippen LogP contribution in [-0.4, -0.2) is 48.9 Å². The van der Waals surface area contributed by atoms with Crippen molar-refractivity contribution in [3.63, 3.8) is 0 Å². The number of methoxy groups -OCH3 is 1. The zero-order valence-corrected chi connectivity index (χ0v) is 19.1. The molecule has 0 atom stereocenters. The minimum Gasteiger partial charge on any atom is -0.497 e. The lowest BCUT2D eigenvalue weighted by molar-refractivity contribution is -0.133. The zero-order valence-electron chi connectivity index (χ0n) is 19.1. The van der Waals surface area contributed by atoms with Crippen molar-refractivity contribution in [1.29, 1.82) is 0 Å². The Morgan fingerprint density at radius 1 is 1.03 bits per heavy atom. The van der Waals surface area contributed by atoms with Crippen molar-refractivity contribution in [3.8, 4) is 16.9 Å². The molecule has 1 aliphatic heterocycles. The monoisotopic (exact) mass is 443 g/mol. The summed E-state index contributed by atoms with van der Waals surface area (Å²) in [6.45, 7) is 1.06. The van der Waals surface area contributed by atoms with Gasteiger partial charge in [0.1, 0.15) is 5.75 Å². The fourth-order valence-electron chi connectivity index (χ4n) is 4.68. The van der Waals surface area contributed by atoms with E-state index in [1.54, 1.807) is 38.7 Å². The topological polar surface area (TPSA) is 71.5 Å². The Balaban J connectivity index is 1.56. The highest BCUT2D eigenvalue weighted by Gasteiger charge is 2.42. The maximum atomic E-state index is 13.1. The first-order chi connectivity index (χ1) is 16.1. The Bertz CT molecular complexity index is 1120. The molecular formula is C27H29N3O3. The molecule has 1 fully saturated rings. The van der Waals surface area contributed by atoms with Gasteiger partial charge in [-0.3, -0.25) is 14.6 Å². The van der Waals surface area contributed by atoms with E-state index in [1.807, 2.05) is 41.3 Å². The largest absolute Gasteiger partial charge is 0.497 e. The number of carbonyl (C=O) groups is 2. The molecule has 0 unspecified atom stereocenters. The molecule has 0 radical (unpaired) electrons. The minimum absolute atomic E-state index is 0.0283. The number of piperidine rings is 1. The lowest BCUT2D eigenvalue weighted by Gasteiger charge is -2.41. The first kappa shape index (κ1) is 22.5. The molecule has 0 bridgehead atoms. The van der Waals surface area contributed by atoms with Crippen molar-refractivity contribution in [1.82, 2.24) is 15.2 Å². The number of nitrogens with zero attached hydrogens (tertiary/aromatic N) is 2. The van der Waals surface area contributed by atoms with Gasteiger partial charge >= 0.3 is 0 Å². The molecular weight excluding hydrogens is 414 g/mol. The van der Waals surface area contributed by atoms with Crippen LogP contribution >= 0.6 is 0 Å². The van der Waals surface area contributed by atoms with Crippen LogP contribution in [0.15, 0.2) is 73.1 Å². The zero-order chi connectivity index (χ0) is 23.3. The minimum atomic E-state index is -0.566. The summed E-state index contributed by atoms with van der Waals surface area (Å²) in [5.41, 5.74) is 3.35. The number of carbonyl (C=O) groups excluding carboxylic acids is 2. The maximum Gasteiger partial charge on any atom is 0.253 e. The van der Waals surface area contributed by atoms with E-state index in [4.69, 9.17) is 4.74 Å². The van der Waals surface area contributed by atoms with Crippen molar-refractivity contribution >= 4 is 11.8 Å². The van der Waals surface area contributed by atoms with Crippen LogP contribution in [0.2, 0.25) is 0 Å². The number of pyridine rings is 1. The van der Waals surface area contributed by atoms with Crippen LogP contribution in [0.3, 0.4) is 0 Å². The normalized spacial score (nSPS) is 15.0. The third-order valence-corrected chi connectivity index (χ3v) is 6.57. The molecule has 1 saturated heterocycles. The van der Waals surface area contributed by atoms with Crippen molar-refractivity contribution in [3.05, 3.63) is 84.2 Å². The van der Waals surface area contributed by atoms with E-state index in [0.29, 0.717) is 43.7 Å². The second kappa shape index (κ2) is 9.86. The fraction of sp³-hybridized carbons (Fsp3) is 0.296. The van der Waals surface area contributed by atoms with Crippen LogP contribution in [0.25, 0.3) is 11.1 Å². The van der Waals surface area contributed by atoms with Gasteiger partial charge in [-0.25, -0.2) is 0 Å². The number of benzene rings is 2. The van der Waals surface area contributed by atoms with Gasteiger partial charge in [-0.05, 0) is 66.3 Å². The van der Waals surface area contributed by atoms with E-state index >= 15 is 0 Å². The summed E-state index contributed by atoms with van der Waals surface area (Å²) in [5.74, 6) is 0.655. The van der Waals surface area contributed by atoms with Gasteiger partial charge in [-0.1, -0.05) is 30.3 Å². The summed E-state index contributed by atoms with van der Waals surface area (Å²) in [6.07, 6.45) is 5.39. The van der Waals surface area contributed by atoms with Gasteiger partial charge in [0.25, 0.3) is 5.91 Å². The Hall–Kier alpha value is -3.67. The number of nitrogens with one attached hydrogen (secondary N) is 1. The molecule has 1 aromatic heterocycles. The molecule has 0 saturated carbocycles. The predicted octanol–water partition coefficient (Wildman–Crippen LogP) is 3.97. The fourth-order valence-corrected chi connectivity index (χ4v) is 4.68. The van der Waals surface area contributed by atoms with Gasteiger partial charge < -0.3 is 15.0 Å². The standard InChI is InChI=1S/C27H29N3O3/c1-28-26(32)27(19-22-6-3-4-9-24(22)20-10-14-29-15-11-20)12-16-30(17-13-27)25(31)21-7-5-8-23(18-21)33-2/h3-11,14-15,18H,12-13,16-17,19H2,1-2H3,(H,28,32). The molecule has 6 nitrogen and oxygen atoms in total. The molecule has 6 heteroatoms. The van der Waals surface area contributed by atoms with Crippen LogP contribution in [0.5, 0.6) is 5.75 Å². The highest BCUT2D eigenvalue weighted by Crippen LogP contribution is 2.38. The van der Waals surface area contributed by atoms with E-state index in [9.17, 15) is 9.59 Å². The summed E-state index contributed by atoms with van der Waals surface area (Å²) in [6, 6.07) is 19.4. The van der Waals surface area contributed by atoms with Gasteiger partial charge in [0.05, 0.1) is 12.5 Å². The summed E-state index contributed by atoms with van der Waals surface area (Å²) in [7, 11) is 3.28. The highest BCUT2D eigenvalue weighted by molar-refractivity contribution is 5.95. The average molecular weight is 444 g/mol. The molecule has 4 rings (SSSR count). The SMILES string of the molecule is CNC(=O)C1(Cc2ccccc2-c2ccncc2)CCN(C(=O)c2cccc(OC)c2)CC1. The maximum absolute atomic E-state index is 13.1. The molecule has 0 spiro atoms. The molecule has 0 aliphatic carbocycles. The third kappa shape index (κ3) is 4.75. The molecule has 33 heavy (non-hydrogen) atoms. The first-order valence-electron chi connectivity index (χ1n) is 11.2. The number of hydrogen-bond acceptors (Lipinski definition) is 4. The molecule has 2 amide bonds. The highest BCUT2D eigenvalue weighted by atomic mass is 16.5. The molecule has 2 heterocycles. The summed E-state index contributed by atoms with van der Waals surface area (Å²) in [5, 5.41) is 2.88.